The molecule has 4 rings (SSSR count). The molecular weight excluding hydrogens is 366 g/mol. The van der Waals surface area contributed by atoms with Crippen LogP contribution in [0.15, 0.2) is 28.8 Å². The predicted molar refractivity (Wildman–Crippen MR) is 105 cm³/mol. The fourth-order valence-electron chi connectivity index (χ4n) is 3.43. The van der Waals surface area contributed by atoms with Gasteiger partial charge in [-0.3, -0.25) is 9.69 Å². The summed E-state index contributed by atoms with van der Waals surface area (Å²) >= 11 is 0. The van der Waals surface area contributed by atoms with Gasteiger partial charge in [0.05, 0.1) is 12.0 Å². The molecule has 2 aliphatic heterocycles. The van der Waals surface area contributed by atoms with Crippen molar-refractivity contribution >= 4 is 18.3 Å². The van der Waals surface area contributed by atoms with E-state index in [-0.39, 0.29) is 30.3 Å². The quantitative estimate of drug-likeness (QED) is 0.857. The SMILES string of the molecule is Cc1ccc(-c2noc(C(C)N3CCN(C(=O)C4CNC4)CC3)n2)cc1.Cl. The summed E-state index contributed by atoms with van der Waals surface area (Å²) < 4.78 is 5.51. The molecule has 7 nitrogen and oxygen atoms in total. The van der Waals surface area contributed by atoms with E-state index in [2.05, 4.69) is 34.2 Å². The van der Waals surface area contributed by atoms with Crippen molar-refractivity contribution < 1.29 is 9.32 Å². The van der Waals surface area contributed by atoms with Crippen LogP contribution in [-0.2, 0) is 4.79 Å². The summed E-state index contributed by atoms with van der Waals surface area (Å²) in [6, 6.07) is 8.15. The lowest BCUT2D eigenvalue weighted by molar-refractivity contribution is -0.139. The Hall–Kier alpha value is -1.96. The van der Waals surface area contributed by atoms with Crippen molar-refractivity contribution in [1.29, 1.82) is 0 Å². The summed E-state index contributed by atoms with van der Waals surface area (Å²) in [6.07, 6.45) is 0. The highest BCUT2D eigenvalue weighted by molar-refractivity contribution is 5.85. The first-order chi connectivity index (χ1) is 12.6. The van der Waals surface area contributed by atoms with Crippen LogP contribution in [0.1, 0.15) is 24.4 Å². The Morgan fingerprint density at radius 2 is 1.85 bits per heavy atom. The second kappa shape index (κ2) is 8.37. The number of hydrogen-bond donors (Lipinski definition) is 1. The van der Waals surface area contributed by atoms with Gasteiger partial charge in [0, 0.05) is 44.8 Å². The third-order valence-corrected chi connectivity index (χ3v) is 5.41. The van der Waals surface area contributed by atoms with Gasteiger partial charge in [0.2, 0.25) is 17.6 Å². The average molecular weight is 392 g/mol. The van der Waals surface area contributed by atoms with Gasteiger partial charge in [0.15, 0.2) is 0 Å². The number of carbonyl (C=O) groups excluding carboxylic acids is 1. The van der Waals surface area contributed by atoms with E-state index in [1.54, 1.807) is 0 Å². The maximum atomic E-state index is 12.3. The van der Waals surface area contributed by atoms with Gasteiger partial charge in [-0.15, -0.1) is 12.4 Å². The lowest BCUT2D eigenvalue weighted by atomic mass is 10.0. The molecule has 1 atom stereocenters. The molecule has 8 heteroatoms. The summed E-state index contributed by atoms with van der Waals surface area (Å²) in [5.74, 6) is 1.71. The van der Waals surface area contributed by atoms with Crippen LogP contribution in [0.5, 0.6) is 0 Å². The molecule has 0 spiro atoms. The summed E-state index contributed by atoms with van der Waals surface area (Å²) in [7, 11) is 0. The third kappa shape index (κ3) is 4.15. The molecule has 0 aliphatic carbocycles. The Morgan fingerprint density at radius 3 is 2.44 bits per heavy atom. The van der Waals surface area contributed by atoms with Crippen LogP contribution in [0.25, 0.3) is 11.4 Å². The Morgan fingerprint density at radius 1 is 1.19 bits per heavy atom. The molecule has 1 aromatic carbocycles. The fraction of sp³-hybridized carbons (Fsp3) is 0.526. The van der Waals surface area contributed by atoms with Crippen LogP contribution in [0, 0.1) is 12.8 Å². The van der Waals surface area contributed by atoms with Crippen LogP contribution in [0.2, 0.25) is 0 Å². The summed E-state index contributed by atoms with van der Waals surface area (Å²) in [5.41, 5.74) is 2.17. The molecule has 2 aromatic rings. The summed E-state index contributed by atoms with van der Waals surface area (Å²) in [6.45, 7) is 8.96. The fourth-order valence-corrected chi connectivity index (χ4v) is 3.43. The third-order valence-electron chi connectivity index (χ3n) is 5.41. The molecule has 0 radical (unpaired) electrons. The second-order valence-corrected chi connectivity index (χ2v) is 7.21. The molecule has 1 N–H and O–H groups in total. The standard InChI is InChI=1S/C19H25N5O2.ClH/c1-13-3-5-15(6-4-13)17-21-18(26-22-17)14(2)23-7-9-24(10-8-23)19(25)16-11-20-12-16;/h3-6,14,16,20H,7-12H2,1-2H3;1H. The topological polar surface area (TPSA) is 74.5 Å². The smallest absolute Gasteiger partial charge is 0.244 e. The second-order valence-electron chi connectivity index (χ2n) is 7.21. The Labute approximate surface area is 165 Å². The molecule has 2 aliphatic rings. The normalized spacial score (nSPS) is 19.3. The summed E-state index contributed by atoms with van der Waals surface area (Å²) in [5, 5.41) is 7.30. The van der Waals surface area contributed by atoms with Crippen molar-refractivity contribution in [3.8, 4) is 11.4 Å². The maximum absolute atomic E-state index is 12.3. The number of nitrogens with zero attached hydrogens (tertiary/aromatic N) is 4. The number of piperazine rings is 1. The number of halogens is 1. The predicted octanol–water partition coefficient (Wildman–Crippen LogP) is 1.89. The number of carbonyl (C=O) groups is 1. The molecule has 146 valence electrons. The zero-order chi connectivity index (χ0) is 18.1. The number of rotatable bonds is 4. The van der Waals surface area contributed by atoms with E-state index in [4.69, 9.17) is 4.52 Å². The van der Waals surface area contributed by atoms with Crippen LogP contribution >= 0.6 is 12.4 Å². The highest BCUT2D eigenvalue weighted by Crippen LogP contribution is 2.24. The number of amides is 1. The van der Waals surface area contributed by atoms with Gasteiger partial charge in [-0.25, -0.2) is 0 Å². The minimum atomic E-state index is 0. The number of aromatic nitrogens is 2. The van der Waals surface area contributed by atoms with Crippen LogP contribution in [0.4, 0.5) is 0 Å². The molecule has 3 heterocycles. The van der Waals surface area contributed by atoms with Crippen LogP contribution < -0.4 is 5.32 Å². The van der Waals surface area contributed by atoms with Gasteiger partial charge >= 0.3 is 0 Å². The minimum Gasteiger partial charge on any atom is -0.340 e. The Bertz CT molecular complexity index is 767. The van der Waals surface area contributed by atoms with E-state index in [0.29, 0.717) is 11.7 Å². The molecule has 27 heavy (non-hydrogen) atoms. The van der Waals surface area contributed by atoms with E-state index in [1.807, 2.05) is 29.2 Å². The van der Waals surface area contributed by atoms with Gasteiger partial charge in [0.1, 0.15) is 0 Å². The average Bonchev–Trinajstić information content (AvgIpc) is 3.10. The molecule has 1 amide bonds. The lowest BCUT2D eigenvalue weighted by Crippen LogP contribution is -2.56. The first-order valence-corrected chi connectivity index (χ1v) is 9.26. The number of aryl methyl sites for hydroxylation is 1. The first kappa shape index (κ1) is 19.8. The molecule has 2 saturated heterocycles. The zero-order valence-electron chi connectivity index (χ0n) is 15.7. The van der Waals surface area contributed by atoms with Crippen molar-refractivity contribution in [2.75, 3.05) is 39.3 Å². The van der Waals surface area contributed by atoms with Crippen molar-refractivity contribution in [3.05, 3.63) is 35.7 Å². The zero-order valence-corrected chi connectivity index (χ0v) is 16.5. The van der Waals surface area contributed by atoms with Gasteiger partial charge in [-0.05, 0) is 13.8 Å². The Balaban J connectivity index is 0.00000210. The van der Waals surface area contributed by atoms with E-state index >= 15 is 0 Å². The van der Waals surface area contributed by atoms with Crippen molar-refractivity contribution in [3.63, 3.8) is 0 Å². The van der Waals surface area contributed by atoms with Crippen molar-refractivity contribution in [2.24, 2.45) is 5.92 Å². The molecule has 0 saturated carbocycles. The molecule has 1 unspecified atom stereocenters. The van der Waals surface area contributed by atoms with Crippen molar-refractivity contribution in [2.45, 2.75) is 19.9 Å². The van der Waals surface area contributed by atoms with Crippen LogP contribution in [0.3, 0.4) is 0 Å². The molecule has 2 fully saturated rings. The Kier molecular flexibility index (Phi) is 6.14. The van der Waals surface area contributed by atoms with Gasteiger partial charge in [0.25, 0.3) is 0 Å². The minimum absolute atomic E-state index is 0. The van der Waals surface area contributed by atoms with E-state index in [1.165, 1.54) is 5.56 Å². The molecular formula is C19H26ClN5O2. The molecule has 1 aromatic heterocycles. The number of nitrogens with one attached hydrogen (secondary N) is 1. The van der Waals surface area contributed by atoms with Gasteiger partial charge in [-0.1, -0.05) is 35.0 Å². The van der Waals surface area contributed by atoms with Crippen LogP contribution in [-0.4, -0.2) is 65.1 Å². The van der Waals surface area contributed by atoms with E-state index < -0.39 is 0 Å². The highest BCUT2D eigenvalue weighted by Gasteiger charge is 2.33. The highest BCUT2D eigenvalue weighted by atomic mass is 35.5. The van der Waals surface area contributed by atoms with E-state index in [9.17, 15) is 4.79 Å². The monoisotopic (exact) mass is 391 g/mol. The van der Waals surface area contributed by atoms with Gasteiger partial charge in [-0.2, -0.15) is 4.98 Å². The number of hydrogen-bond acceptors (Lipinski definition) is 6. The largest absolute Gasteiger partial charge is 0.340 e. The first-order valence-electron chi connectivity index (χ1n) is 9.26. The van der Waals surface area contributed by atoms with Crippen molar-refractivity contribution in [1.82, 2.24) is 25.3 Å². The number of benzene rings is 1. The molecule has 0 bridgehead atoms. The summed E-state index contributed by atoms with van der Waals surface area (Å²) in [4.78, 5) is 21.2. The van der Waals surface area contributed by atoms with E-state index in [0.717, 1.165) is 44.8 Å². The maximum Gasteiger partial charge on any atom is 0.244 e. The lowest BCUT2D eigenvalue weighted by Gasteiger charge is -2.39. The van der Waals surface area contributed by atoms with Gasteiger partial charge < -0.3 is 14.7 Å².